The van der Waals surface area contributed by atoms with E-state index in [1.165, 1.54) is 51.4 Å². The predicted octanol–water partition coefficient (Wildman–Crippen LogP) is 6.21. The summed E-state index contributed by atoms with van der Waals surface area (Å²) in [4.78, 5) is 0. The summed E-state index contributed by atoms with van der Waals surface area (Å²) in [6.45, 7) is 4.03. The Morgan fingerprint density at radius 1 is 0.880 bits per heavy atom. The van der Waals surface area contributed by atoms with Crippen molar-refractivity contribution < 1.29 is 8.78 Å². The Morgan fingerprint density at radius 2 is 1.52 bits per heavy atom. The summed E-state index contributed by atoms with van der Waals surface area (Å²) in [6, 6.07) is 5.07. The number of rotatable bonds is 5. The van der Waals surface area contributed by atoms with Crippen molar-refractivity contribution in [1.29, 1.82) is 0 Å². The van der Waals surface area contributed by atoms with Crippen molar-refractivity contribution in [2.24, 2.45) is 17.8 Å². The summed E-state index contributed by atoms with van der Waals surface area (Å²) in [6.07, 6.45) is 11.7. The van der Waals surface area contributed by atoms with E-state index in [0.29, 0.717) is 17.0 Å². The molecular weight excluding hydrogens is 330 g/mol. The van der Waals surface area contributed by atoms with E-state index >= 15 is 0 Å². The summed E-state index contributed by atoms with van der Waals surface area (Å²) < 4.78 is 27.8. The molecule has 0 amide bonds. The Hall–Kier alpha value is -0.703. The first-order valence-corrected chi connectivity index (χ1v) is 12.3. The molecule has 3 heteroatoms. The lowest BCUT2D eigenvalue weighted by atomic mass is 9.84. The molecule has 0 atom stereocenters. The first kappa shape index (κ1) is 19.1. The molecule has 25 heavy (non-hydrogen) atoms. The van der Waals surface area contributed by atoms with Crippen molar-refractivity contribution >= 4 is 9.52 Å². The van der Waals surface area contributed by atoms with Crippen LogP contribution in [-0.4, -0.2) is 9.52 Å². The number of benzene rings is 1. The summed E-state index contributed by atoms with van der Waals surface area (Å²) in [5.74, 6) is 1.28. The molecule has 3 rings (SSSR count). The third-order valence-corrected chi connectivity index (χ3v) is 9.73. The fourth-order valence-electron chi connectivity index (χ4n) is 4.97. The zero-order valence-corrected chi connectivity index (χ0v) is 17.4. The molecule has 0 unspecified atom stereocenters. The monoisotopic (exact) mass is 364 g/mol. The normalized spacial score (nSPS) is 30.9. The number of hydrogen-bond donors (Lipinski definition) is 0. The largest absolute Gasteiger partial charge is 0.203 e. The highest BCUT2D eigenvalue weighted by Gasteiger charge is 2.25. The van der Waals surface area contributed by atoms with E-state index in [1.807, 2.05) is 0 Å². The molecule has 0 aliphatic heterocycles. The first-order chi connectivity index (χ1) is 12.0. The molecule has 2 saturated carbocycles. The van der Waals surface area contributed by atoms with Gasteiger partial charge in [0.1, 0.15) is 0 Å². The molecule has 1 aromatic rings. The minimum atomic E-state index is -0.652. The van der Waals surface area contributed by atoms with Gasteiger partial charge in [-0.3, -0.25) is 0 Å². The SMILES string of the molecule is Cc1ccc(CC2CCC([SiH2]CC3CCC(C)CC3)CC2)c(F)c1F. The Bertz CT molecular complexity index is 555. The molecule has 1 aromatic carbocycles. The predicted molar refractivity (Wildman–Crippen MR) is 105 cm³/mol. The fraction of sp³-hybridized carbons (Fsp3) is 0.727. The van der Waals surface area contributed by atoms with E-state index in [0.717, 1.165) is 23.8 Å². The summed E-state index contributed by atoms with van der Waals surface area (Å²) in [5.41, 5.74) is 2.00. The Labute approximate surface area is 154 Å². The van der Waals surface area contributed by atoms with Gasteiger partial charge in [0.2, 0.25) is 0 Å². The van der Waals surface area contributed by atoms with Gasteiger partial charge in [0.25, 0.3) is 0 Å². The molecule has 0 bridgehead atoms. The Kier molecular flexibility index (Phi) is 6.71. The van der Waals surface area contributed by atoms with Crippen molar-refractivity contribution in [2.75, 3.05) is 0 Å². The van der Waals surface area contributed by atoms with E-state index in [1.54, 1.807) is 25.1 Å². The highest BCUT2D eigenvalue weighted by molar-refractivity contribution is 6.37. The molecule has 2 aliphatic rings. The van der Waals surface area contributed by atoms with Crippen molar-refractivity contribution in [3.05, 3.63) is 34.9 Å². The molecule has 0 aromatic heterocycles. The highest BCUT2D eigenvalue weighted by atomic mass is 28.2. The summed E-state index contributed by atoms with van der Waals surface area (Å²) in [5, 5.41) is 0. The van der Waals surface area contributed by atoms with Crippen LogP contribution in [0.15, 0.2) is 12.1 Å². The van der Waals surface area contributed by atoms with E-state index < -0.39 is 11.6 Å². The number of hydrogen-bond acceptors (Lipinski definition) is 0. The van der Waals surface area contributed by atoms with Crippen LogP contribution in [0, 0.1) is 36.3 Å². The highest BCUT2D eigenvalue weighted by Crippen LogP contribution is 2.37. The van der Waals surface area contributed by atoms with E-state index in [2.05, 4.69) is 6.92 Å². The molecule has 0 saturated heterocycles. The van der Waals surface area contributed by atoms with Crippen LogP contribution < -0.4 is 0 Å². The number of aryl methyl sites for hydroxylation is 1. The van der Waals surface area contributed by atoms with Gasteiger partial charge in [-0.2, -0.15) is 0 Å². The van der Waals surface area contributed by atoms with E-state index in [4.69, 9.17) is 0 Å². The van der Waals surface area contributed by atoms with Crippen molar-refractivity contribution in [3.63, 3.8) is 0 Å². The van der Waals surface area contributed by atoms with Gasteiger partial charge in [-0.05, 0) is 42.2 Å². The number of halogens is 2. The van der Waals surface area contributed by atoms with E-state index in [-0.39, 0.29) is 9.52 Å². The van der Waals surface area contributed by atoms with Gasteiger partial charge in [0.05, 0.1) is 0 Å². The van der Waals surface area contributed by atoms with Gasteiger partial charge in [0, 0.05) is 9.52 Å². The average Bonchev–Trinajstić information content (AvgIpc) is 2.63. The second-order valence-corrected chi connectivity index (χ2v) is 11.3. The zero-order valence-electron chi connectivity index (χ0n) is 16.0. The third kappa shape index (κ3) is 5.15. The minimum absolute atomic E-state index is 0.0569. The minimum Gasteiger partial charge on any atom is -0.203 e. The van der Waals surface area contributed by atoms with Crippen LogP contribution in [0.1, 0.15) is 69.4 Å². The zero-order chi connectivity index (χ0) is 17.8. The quantitative estimate of drug-likeness (QED) is 0.545. The molecule has 140 valence electrons. The van der Waals surface area contributed by atoms with Gasteiger partial charge in [-0.1, -0.05) is 82.0 Å². The van der Waals surface area contributed by atoms with Gasteiger partial charge in [-0.15, -0.1) is 0 Å². The van der Waals surface area contributed by atoms with Crippen molar-refractivity contribution in [2.45, 2.75) is 83.2 Å². The molecule has 0 nitrogen and oxygen atoms in total. The van der Waals surface area contributed by atoms with Crippen LogP contribution in [0.3, 0.4) is 0 Å². The van der Waals surface area contributed by atoms with Gasteiger partial charge in [-0.25, -0.2) is 8.78 Å². The standard InChI is InChI=1S/C22H34F2Si/c1-15-3-6-18(7-4-15)14-25-20-11-8-17(9-12-20)13-19-10-5-16(2)21(23)22(19)24/h5,10,15,17-18,20H,3-4,6-9,11-14,25H2,1-2H3. The maximum Gasteiger partial charge on any atom is 0.162 e. The summed E-state index contributed by atoms with van der Waals surface area (Å²) >= 11 is 0. The molecular formula is C22H34F2Si. The maximum atomic E-state index is 14.1. The first-order valence-electron chi connectivity index (χ1n) is 10.5. The van der Waals surface area contributed by atoms with Crippen LogP contribution in [0.2, 0.25) is 11.6 Å². The van der Waals surface area contributed by atoms with Crippen molar-refractivity contribution in [1.82, 2.24) is 0 Å². The van der Waals surface area contributed by atoms with E-state index in [9.17, 15) is 8.78 Å². The summed E-state index contributed by atoms with van der Waals surface area (Å²) in [7, 11) is 0.0569. The topological polar surface area (TPSA) is 0 Å². The molecule has 0 N–H and O–H groups in total. The van der Waals surface area contributed by atoms with Crippen LogP contribution in [0.25, 0.3) is 0 Å². The molecule has 0 heterocycles. The maximum absolute atomic E-state index is 14.1. The molecule has 0 spiro atoms. The lowest BCUT2D eigenvalue weighted by Gasteiger charge is -2.31. The van der Waals surface area contributed by atoms with Crippen LogP contribution >= 0.6 is 0 Å². The second-order valence-electron chi connectivity index (χ2n) is 8.96. The van der Waals surface area contributed by atoms with Gasteiger partial charge < -0.3 is 0 Å². The third-order valence-electron chi connectivity index (χ3n) is 6.95. The van der Waals surface area contributed by atoms with Crippen LogP contribution in [0.5, 0.6) is 0 Å². The lowest BCUT2D eigenvalue weighted by molar-refractivity contribution is 0.304. The Balaban J connectivity index is 1.41. The van der Waals surface area contributed by atoms with Gasteiger partial charge in [0.15, 0.2) is 11.6 Å². The molecule has 2 aliphatic carbocycles. The lowest BCUT2D eigenvalue weighted by Crippen LogP contribution is -2.20. The molecule has 2 fully saturated rings. The van der Waals surface area contributed by atoms with Crippen LogP contribution in [0.4, 0.5) is 8.78 Å². The Morgan fingerprint density at radius 3 is 2.20 bits per heavy atom. The fourth-order valence-corrected chi connectivity index (χ4v) is 7.54. The second kappa shape index (κ2) is 8.79. The average molecular weight is 365 g/mol. The van der Waals surface area contributed by atoms with Gasteiger partial charge >= 0.3 is 0 Å². The molecule has 0 radical (unpaired) electrons. The van der Waals surface area contributed by atoms with Crippen LogP contribution in [-0.2, 0) is 6.42 Å². The van der Waals surface area contributed by atoms with Crippen molar-refractivity contribution in [3.8, 4) is 0 Å². The smallest absolute Gasteiger partial charge is 0.162 e.